The summed E-state index contributed by atoms with van der Waals surface area (Å²) in [6.07, 6.45) is 2.91. The quantitative estimate of drug-likeness (QED) is 0.780. The average molecular weight is 393 g/mol. The molecule has 7 heteroatoms. The lowest BCUT2D eigenvalue weighted by molar-refractivity contribution is 0.552. The Bertz CT molecular complexity index is 593. The number of thioether (sulfide) groups is 1. The first-order valence-corrected chi connectivity index (χ1v) is 10.4. The summed E-state index contributed by atoms with van der Waals surface area (Å²) in [4.78, 5) is 0.284. The molecule has 1 saturated carbocycles. The van der Waals surface area contributed by atoms with E-state index in [9.17, 15) is 8.42 Å². The molecule has 1 aromatic carbocycles. The Hall–Kier alpha value is -0.0800. The van der Waals surface area contributed by atoms with Gasteiger partial charge in [0.15, 0.2) is 0 Å². The number of rotatable bonds is 6. The summed E-state index contributed by atoms with van der Waals surface area (Å²) in [6, 6.07) is 5.17. The predicted molar refractivity (Wildman–Crippen MR) is 91.9 cm³/mol. The number of hydrogen-bond donors (Lipinski definition) is 2. The lowest BCUT2D eigenvalue weighted by Crippen LogP contribution is -2.33. The second kappa shape index (κ2) is 7.46. The van der Waals surface area contributed by atoms with Gasteiger partial charge in [-0.15, -0.1) is 0 Å². The topological polar surface area (TPSA) is 72.2 Å². The van der Waals surface area contributed by atoms with E-state index in [0.29, 0.717) is 16.3 Å². The normalized spacial score (nSPS) is 22.6. The maximum absolute atomic E-state index is 12.5. The van der Waals surface area contributed by atoms with Crippen molar-refractivity contribution in [3.8, 4) is 0 Å². The number of halogens is 1. The second-order valence-electron chi connectivity index (χ2n) is 5.18. The van der Waals surface area contributed by atoms with E-state index < -0.39 is 10.0 Å². The molecule has 0 spiro atoms. The van der Waals surface area contributed by atoms with Crippen LogP contribution in [-0.2, 0) is 16.6 Å². The average Bonchev–Trinajstić information content (AvgIpc) is 2.85. The van der Waals surface area contributed by atoms with Crippen LogP contribution in [0.1, 0.15) is 31.7 Å². The van der Waals surface area contributed by atoms with Crippen LogP contribution in [-0.4, -0.2) is 25.5 Å². The zero-order valence-corrected chi connectivity index (χ0v) is 15.2. The molecule has 1 aliphatic rings. The van der Waals surface area contributed by atoms with E-state index in [1.165, 1.54) is 0 Å². The first kappa shape index (κ1) is 17.3. The fourth-order valence-corrected chi connectivity index (χ4v) is 6.16. The Labute approximate surface area is 139 Å². The third-order valence-corrected chi connectivity index (χ3v) is 7.36. The van der Waals surface area contributed by atoms with Crippen LogP contribution in [0.4, 0.5) is 0 Å². The predicted octanol–water partition coefficient (Wildman–Crippen LogP) is 2.86. The highest BCUT2D eigenvalue weighted by Crippen LogP contribution is 2.31. The first-order valence-electron chi connectivity index (χ1n) is 7.08. The van der Waals surface area contributed by atoms with Gasteiger partial charge in [0, 0.05) is 22.3 Å². The highest BCUT2D eigenvalue weighted by Gasteiger charge is 2.29. The third-order valence-electron chi connectivity index (χ3n) is 3.63. The molecule has 21 heavy (non-hydrogen) atoms. The van der Waals surface area contributed by atoms with Crippen LogP contribution in [0, 0.1) is 0 Å². The highest BCUT2D eigenvalue weighted by molar-refractivity contribution is 9.10. The van der Waals surface area contributed by atoms with Gasteiger partial charge in [-0.2, -0.15) is 11.8 Å². The van der Waals surface area contributed by atoms with Crippen LogP contribution >= 0.6 is 27.7 Å². The SMILES string of the molecule is CCSC1CCC(NS(=O)(=O)c2ccc(CN)cc2Br)C1. The van der Waals surface area contributed by atoms with Crippen LogP contribution in [0.15, 0.2) is 27.6 Å². The van der Waals surface area contributed by atoms with Crippen molar-refractivity contribution in [1.29, 1.82) is 0 Å². The van der Waals surface area contributed by atoms with Crippen molar-refractivity contribution in [3.05, 3.63) is 28.2 Å². The monoisotopic (exact) mass is 392 g/mol. The Morgan fingerprint density at radius 1 is 1.43 bits per heavy atom. The van der Waals surface area contributed by atoms with Gasteiger partial charge in [0.2, 0.25) is 10.0 Å². The molecule has 2 rings (SSSR count). The number of nitrogens with two attached hydrogens (primary N) is 1. The molecule has 0 heterocycles. The first-order chi connectivity index (χ1) is 9.96. The van der Waals surface area contributed by atoms with Crippen molar-refractivity contribution in [2.24, 2.45) is 5.73 Å². The minimum Gasteiger partial charge on any atom is -0.326 e. The van der Waals surface area contributed by atoms with Crippen LogP contribution < -0.4 is 10.5 Å². The summed E-state index contributed by atoms with van der Waals surface area (Å²) in [5, 5.41) is 0.575. The van der Waals surface area contributed by atoms with Crippen LogP contribution in [0.3, 0.4) is 0 Å². The molecule has 0 bridgehead atoms. The van der Waals surface area contributed by atoms with Crippen molar-refractivity contribution < 1.29 is 8.42 Å². The fraction of sp³-hybridized carbons (Fsp3) is 0.571. The smallest absolute Gasteiger partial charge is 0.241 e. The molecule has 2 unspecified atom stereocenters. The largest absolute Gasteiger partial charge is 0.326 e. The Morgan fingerprint density at radius 2 is 2.19 bits per heavy atom. The van der Waals surface area contributed by atoms with E-state index in [1.807, 2.05) is 11.8 Å². The number of benzene rings is 1. The summed E-state index contributed by atoms with van der Waals surface area (Å²) in [5.74, 6) is 1.08. The van der Waals surface area contributed by atoms with Gasteiger partial charge in [0.25, 0.3) is 0 Å². The number of nitrogens with one attached hydrogen (secondary N) is 1. The molecule has 1 aliphatic carbocycles. The molecule has 0 saturated heterocycles. The lowest BCUT2D eigenvalue weighted by atomic mass is 10.2. The number of sulfonamides is 1. The Kier molecular flexibility index (Phi) is 6.14. The molecular weight excluding hydrogens is 372 g/mol. The summed E-state index contributed by atoms with van der Waals surface area (Å²) in [5.41, 5.74) is 6.47. The van der Waals surface area contributed by atoms with E-state index in [4.69, 9.17) is 5.73 Å². The minimum absolute atomic E-state index is 0.0418. The van der Waals surface area contributed by atoms with E-state index in [-0.39, 0.29) is 10.9 Å². The van der Waals surface area contributed by atoms with E-state index in [1.54, 1.807) is 18.2 Å². The van der Waals surface area contributed by atoms with Crippen LogP contribution in [0.2, 0.25) is 0 Å². The molecule has 4 nitrogen and oxygen atoms in total. The van der Waals surface area contributed by atoms with E-state index in [2.05, 4.69) is 27.6 Å². The van der Waals surface area contributed by atoms with Crippen molar-refractivity contribution in [2.45, 2.75) is 48.9 Å². The van der Waals surface area contributed by atoms with Crippen LogP contribution in [0.25, 0.3) is 0 Å². The Balaban J connectivity index is 2.09. The van der Waals surface area contributed by atoms with Crippen molar-refractivity contribution in [3.63, 3.8) is 0 Å². The van der Waals surface area contributed by atoms with Gasteiger partial charge in [-0.3, -0.25) is 0 Å². The standard InChI is InChI=1S/C14H21BrN2O2S2/c1-2-20-12-5-4-11(8-12)17-21(18,19)14-6-3-10(9-16)7-13(14)15/h3,6-7,11-12,17H,2,4-5,8-9,16H2,1H3. The summed E-state index contributed by atoms with van der Waals surface area (Å²) in [7, 11) is -3.48. The summed E-state index contributed by atoms with van der Waals surface area (Å²) >= 11 is 5.25. The van der Waals surface area contributed by atoms with Crippen molar-refractivity contribution in [1.82, 2.24) is 4.72 Å². The second-order valence-corrected chi connectivity index (χ2v) is 9.29. The van der Waals surface area contributed by atoms with Gasteiger partial charge in [-0.05, 0) is 58.6 Å². The molecule has 3 N–H and O–H groups in total. The van der Waals surface area contributed by atoms with Gasteiger partial charge >= 0.3 is 0 Å². The molecule has 118 valence electrons. The highest BCUT2D eigenvalue weighted by atomic mass is 79.9. The third kappa shape index (κ3) is 4.45. The molecule has 2 atom stereocenters. The lowest BCUT2D eigenvalue weighted by Gasteiger charge is -2.15. The zero-order chi connectivity index (χ0) is 15.5. The van der Waals surface area contributed by atoms with Crippen LogP contribution in [0.5, 0.6) is 0 Å². The molecular formula is C14H21BrN2O2S2. The molecule has 1 aromatic rings. The van der Waals surface area contributed by atoms with Gasteiger partial charge in [0.05, 0.1) is 4.90 Å². The van der Waals surface area contributed by atoms with E-state index >= 15 is 0 Å². The maximum atomic E-state index is 12.5. The molecule has 0 radical (unpaired) electrons. The zero-order valence-electron chi connectivity index (χ0n) is 12.0. The maximum Gasteiger partial charge on any atom is 0.241 e. The number of hydrogen-bond acceptors (Lipinski definition) is 4. The minimum atomic E-state index is -3.48. The summed E-state index contributed by atoms with van der Waals surface area (Å²) < 4.78 is 28.4. The van der Waals surface area contributed by atoms with Gasteiger partial charge in [0.1, 0.15) is 0 Å². The molecule has 0 aromatic heterocycles. The van der Waals surface area contributed by atoms with Gasteiger partial charge in [-0.25, -0.2) is 13.1 Å². The van der Waals surface area contributed by atoms with Gasteiger partial charge < -0.3 is 5.73 Å². The fourth-order valence-electron chi connectivity index (χ4n) is 2.61. The summed E-state index contributed by atoms with van der Waals surface area (Å²) in [6.45, 7) is 2.53. The van der Waals surface area contributed by atoms with E-state index in [0.717, 1.165) is 30.6 Å². The van der Waals surface area contributed by atoms with Crippen molar-refractivity contribution in [2.75, 3.05) is 5.75 Å². The molecule has 0 aliphatic heterocycles. The molecule has 0 amide bonds. The Morgan fingerprint density at radius 3 is 2.81 bits per heavy atom. The van der Waals surface area contributed by atoms with Gasteiger partial charge in [-0.1, -0.05) is 13.0 Å². The van der Waals surface area contributed by atoms with Crippen molar-refractivity contribution >= 4 is 37.7 Å². The molecule has 1 fully saturated rings.